The second-order valence-corrected chi connectivity index (χ2v) is 2.73. The predicted octanol–water partition coefficient (Wildman–Crippen LogP) is -3.67. The summed E-state index contributed by atoms with van der Waals surface area (Å²) in [4.78, 5) is 1.24. The van der Waals surface area contributed by atoms with Crippen LogP contribution < -0.4 is 34.6 Å². The predicted molar refractivity (Wildman–Crippen MR) is 36.2 cm³/mol. The van der Waals surface area contributed by atoms with E-state index in [4.69, 9.17) is 10.3 Å². The standard InChI is InChI=1S/C5H11N3O3.Na.H/c9-4-5-2-1-3-6(5)7-8(10)11-7;;/h5,9-10H,1-4H2;;/q;+1;-1. The molecule has 1 atom stereocenters. The molecule has 0 amide bonds. The minimum atomic E-state index is 0. The van der Waals surface area contributed by atoms with Crippen LogP contribution >= 0.6 is 0 Å². The molecule has 0 radical (unpaired) electrons. The van der Waals surface area contributed by atoms with Crippen molar-refractivity contribution in [1.82, 2.24) is 9.98 Å². The molecule has 1 aliphatic rings. The number of rotatable bonds is 2. The van der Waals surface area contributed by atoms with E-state index in [0.29, 0.717) is 5.02 Å². The molecule has 12 heavy (non-hydrogen) atoms. The van der Waals surface area contributed by atoms with Gasteiger partial charge in [-0.1, -0.05) is 0 Å². The molecule has 0 saturated carbocycles. The molecule has 1 aliphatic heterocycles. The van der Waals surface area contributed by atoms with Gasteiger partial charge in [0.15, 0.2) is 0 Å². The van der Waals surface area contributed by atoms with Crippen molar-refractivity contribution >= 4 is 0 Å². The minimum Gasteiger partial charge on any atom is -1.00 e. The SMILES string of the molecule is OCC1CCCN1n1on1O.[H-].[Na+]. The van der Waals surface area contributed by atoms with Gasteiger partial charge in [-0.05, 0) is 12.8 Å². The van der Waals surface area contributed by atoms with E-state index in [2.05, 4.69) is 4.63 Å². The minimum absolute atomic E-state index is 0. The zero-order chi connectivity index (χ0) is 7.84. The average Bonchev–Trinajstić information content (AvgIpc) is 2.58. The van der Waals surface area contributed by atoms with E-state index in [1.54, 1.807) is 5.01 Å². The molecule has 1 saturated heterocycles. The van der Waals surface area contributed by atoms with E-state index in [1.807, 2.05) is 0 Å². The molecule has 6 nitrogen and oxygen atoms in total. The number of aliphatic hydroxyl groups is 1. The number of hydrogen-bond donors (Lipinski definition) is 2. The van der Waals surface area contributed by atoms with E-state index < -0.39 is 0 Å². The molecule has 1 aromatic heterocycles. The fraction of sp³-hybridized carbons (Fsp3) is 1.00. The molecule has 0 aromatic carbocycles. The Hall–Kier alpha value is -0.0400. The van der Waals surface area contributed by atoms with Crippen molar-refractivity contribution < 1.29 is 45.9 Å². The van der Waals surface area contributed by atoms with E-state index >= 15 is 0 Å². The molecule has 66 valence electrons. The third kappa shape index (κ3) is 1.66. The molecular weight excluding hydrogens is 173 g/mol. The summed E-state index contributed by atoms with van der Waals surface area (Å²) >= 11 is 0. The maximum absolute atomic E-state index is 8.88. The Morgan fingerprint density at radius 3 is 2.75 bits per heavy atom. The quantitative estimate of drug-likeness (QED) is 0.368. The smallest absolute Gasteiger partial charge is 1.00 e. The first-order chi connectivity index (χ1) is 5.33. The fourth-order valence-electron chi connectivity index (χ4n) is 1.43. The summed E-state index contributed by atoms with van der Waals surface area (Å²) in [7, 11) is 0. The van der Waals surface area contributed by atoms with Crippen LogP contribution in [-0.4, -0.2) is 39.5 Å². The summed E-state index contributed by atoms with van der Waals surface area (Å²) in [5.41, 5.74) is 0. The summed E-state index contributed by atoms with van der Waals surface area (Å²) in [6.45, 7) is 0.927. The first kappa shape index (κ1) is 10.0. The van der Waals surface area contributed by atoms with E-state index in [0.717, 1.165) is 19.4 Å². The van der Waals surface area contributed by atoms with Crippen LogP contribution in [0.5, 0.6) is 0 Å². The fourth-order valence-corrected chi connectivity index (χ4v) is 1.43. The van der Waals surface area contributed by atoms with Gasteiger partial charge < -0.3 is 11.7 Å². The zero-order valence-electron chi connectivity index (χ0n) is 8.05. The van der Waals surface area contributed by atoms with Crippen molar-refractivity contribution in [2.45, 2.75) is 18.9 Å². The van der Waals surface area contributed by atoms with Gasteiger partial charge in [-0.15, -0.1) is 0 Å². The molecule has 1 fully saturated rings. The first-order valence-corrected chi connectivity index (χ1v) is 3.67. The molecule has 7 heteroatoms. The van der Waals surface area contributed by atoms with Crippen molar-refractivity contribution in [3.05, 3.63) is 0 Å². The van der Waals surface area contributed by atoms with Gasteiger partial charge in [0.1, 0.15) is 5.02 Å². The number of aromatic nitrogens is 2. The van der Waals surface area contributed by atoms with Crippen LogP contribution in [0.4, 0.5) is 0 Å². The maximum atomic E-state index is 8.88. The summed E-state index contributed by atoms with van der Waals surface area (Å²) in [5, 5.41) is 20.0. The molecule has 2 N–H and O–H groups in total. The molecule has 2 heterocycles. The molecule has 0 spiro atoms. The summed E-state index contributed by atoms with van der Waals surface area (Å²) < 4.78 is 4.57. The third-order valence-corrected chi connectivity index (χ3v) is 2.04. The summed E-state index contributed by atoms with van der Waals surface area (Å²) in [6, 6.07) is 0.0900. The Balaban J connectivity index is 0.000000720. The van der Waals surface area contributed by atoms with Crippen molar-refractivity contribution in [3.63, 3.8) is 0 Å². The van der Waals surface area contributed by atoms with Gasteiger partial charge in [0, 0.05) is 11.5 Å². The Kier molecular flexibility index (Phi) is 3.16. The van der Waals surface area contributed by atoms with E-state index in [1.165, 1.54) is 4.96 Å². The monoisotopic (exact) mass is 185 g/mol. The van der Waals surface area contributed by atoms with Crippen LogP contribution in [0, 0.1) is 0 Å². The Morgan fingerprint density at radius 1 is 1.58 bits per heavy atom. The Bertz CT molecular complexity index is 236. The van der Waals surface area contributed by atoms with Gasteiger partial charge >= 0.3 is 29.6 Å². The van der Waals surface area contributed by atoms with E-state index in [9.17, 15) is 0 Å². The molecule has 0 bridgehead atoms. The van der Waals surface area contributed by atoms with Gasteiger partial charge in [-0.25, -0.2) is 0 Å². The van der Waals surface area contributed by atoms with Crippen molar-refractivity contribution in [3.8, 4) is 0 Å². The van der Waals surface area contributed by atoms with Crippen LogP contribution in [0.15, 0.2) is 4.63 Å². The van der Waals surface area contributed by atoms with E-state index in [-0.39, 0.29) is 43.6 Å². The maximum Gasteiger partial charge on any atom is 1.00 e. The average molecular weight is 185 g/mol. The molecule has 0 aliphatic carbocycles. The Labute approximate surface area is 92.9 Å². The molecule has 1 aromatic rings. The largest absolute Gasteiger partial charge is 1.00 e. The summed E-state index contributed by atoms with van der Waals surface area (Å²) in [6.07, 6.45) is 1.98. The van der Waals surface area contributed by atoms with Gasteiger partial charge in [0.25, 0.3) is 0 Å². The van der Waals surface area contributed by atoms with Crippen LogP contribution in [-0.2, 0) is 0 Å². The van der Waals surface area contributed by atoms with Crippen LogP contribution in [0.1, 0.15) is 14.3 Å². The van der Waals surface area contributed by atoms with Gasteiger partial charge in [0.05, 0.1) is 12.6 Å². The number of aliphatic hydroxyl groups excluding tert-OH is 1. The van der Waals surface area contributed by atoms with Crippen molar-refractivity contribution in [2.24, 2.45) is 0 Å². The second-order valence-electron chi connectivity index (χ2n) is 2.73. The topological polar surface area (TPSA) is 66.7 Å². The second kappa shape index (κ2) is 3.78. The van der Waals surface area contributed by atoms with Gasteiger partial charge in [-0.3, -0.25) is 5.01 Å². The Morgan fingerprint density at radius 2 is 2.25 bits per heavy atom. The molecular formula is C5H12N3NaO3. The normalized spacial score (nSPS) is 23.1. The zero-order valence-corrected chi connectivity index (χ0v) is 9.05. The van der Waals surface area contributed by atoms with Crippen LogP contribution in [0.2, 0.25) is 0 Å². The van der Waals surface area contributed by atoms with Crippen molar-refractivity contribution in [1.29, 1.82) is 0 Å². The number of nitrogens with zero attached hydrogens (tertiary/aromatic N) is 3. The van der Waals surface area contributed by atoms with Crippen LogP contribution in [0.25, 0.3) is 0 Å². The van der Waals surface area contributed by atoms with Crippen LogP contribution in [0.3, 0.4) is 0 Å². The number of hydrogen-bond acceptors (Lipinski definition) is 4. The van der Waals surface area contributed by atoms with Gasteiger partial charge in [0.2, 0.25) is 0 Å². The van der Waals surface area contributed by atoms with Crippen molar-refractivity contribution in [2.75, 3.05) is 18.2 Å². The first-order valence-electron chi connectivity index (χ1n) is 3.67. The molecule has 2 rings (SSSR count). The third-order valence-electron chi connectivity index (χ3n) is 2.04. The molecule has 1 unspecified atom stereocenters. The summed E-state index contributed by atoms with van der Waals surface area (Å²) in [5.74, 6) is 0. The van der Waals surface area contributed by atoms with Gasteiger partial charge in [-0.2, -0.15) is 4.63 Å².